The van der Waals surface area contributed by atoms with Crippen molar-refractivity contribution in [1.29, 1.82) is 0 Å². The Morgan fingerprint density at radius 3 is 1.75 bits per heavy atom. The first-order chi connectivity index (χ1) is 25.3. The lowest BCUT2D eigenvalue weighted by molar-refractivity contribution is 0.0725. The Bertz CT molecular complexity index is 2210. The molecule has 1 aromatic heterocycles. The maximum Gasteiger partial charge on any atom is 0.343 e. The summed E-state index contributed by atoms with van der Waals surface area (Å²) < 4.78 is 18.2. The molecule has 0 atom stereocenters. The standard InChI is InChI=1S/C44H39NO6S.ClH/c1-29-6-10-33(11-7-29)43(47)50-36-20-16-32(17-21-36)42-40(41(46)31-14-18-35(19-15-31)49-27-26-45-24-4-3-5-25-45)38-23-22-37(28-39(38)52-42)51-44(48)34-12-8-30(2)9-13-34;/h6-23,28H,3-5,24-27H2,1-2H3;1H. The Labute approximate surface area is 319 Å². The van der Waals surface area contributed by atoms with Crippen LogP contribution in [-0.2, 0) is 0 Å². The van der Waals surface area contributed by atoms with Gasteiger partial charge in [0.1, 0.15) is 23.9 Å². The molecular weight excluding hydrogens is 706 g/mol. The monoisotopic (exact) mass is 745 g/mol. The number of carbonyl (C=O) groups excluding carboxylic acids is 3. The molecule has 1 aliphatic rings. The number of piperidine rings is 1. The van der Waals surface area contributed by atoms with Crippen LogP contribution in [0.15, 0.2) is 115 Å². The quantitative estimate of drug-likeness (QED) is 0.0742. The summed E-state index contributed by atoms with van der Waals surface area (Å²) in [5.41, 5.74) is 4.88. The van der Waals surface area contributed by atoms with E-state index in [1.165, 1.54) is 30.6 Å². The van der Waals surface area contributed by atoms with Gasteiger partial charge in [0.15, 0.2) is 5.78 Å². The minimum Gasteiger partial charge on any atom is -0.492 e. The molecular formula is C44H40ClNO6S. The zero-order chi connectivity index (χ0) is 36.0. The van der Waals surface area contributed by atoms with Gasteiger partial charge < -0.3 is 14.2 Å². The van der Waals surface area contributed by atoms with E-state index in [1.807, 2.05) is 68.4 Å². The molecule has 0 bridgehead atoms. The zero-order valence-electron chi connectivity index (χ0n) is 29.6. The second kappa shape index (κ2) is 17.0. The van der Waals surface area contributed by atoms with E-state index in [1.54, 1.807) is 60.7 Å². The number of ketones is 1. The first-order valence-corrected chi connectivity index (χ1v) is 18.4. The van der Waals surface area contributed by atoms with E-state index in [2.05, 4.69) is 4.90 Å². The average molecular weight is 746 g/mol. The van der Waals surface area contributed by atoms with Gasteiger partial charge in [-0.1, -0.05) is 41.8 Å². The lowest BCUT2D eigenvalue weighted by Crippen LogP contribution is -2.33. The average Bonchev–Trinajstić information content (AvgIpc) is 3.55. The first-order valence-electron chi connectivity index (χ1n) is 17.6. The SMILES string of the molecule is Cc1ccc(C(=O)Oc2ccc(-c3sc4cc(OC(=O)c5ccc(C)cc5)ccc4c3C(=O)c3ccc(OCCN4CCCCC4)cc3)cc2)cc1.Cl. The molecule has 5 aromatic carbocycles. The molecule has 0 amide bonds. The zero-order valence-corrected chi connectivity index (χ0v) is 31.3. The third-order valence-electron chi connectivity index (χ3n) is 9.24. The molecule has 0 radical (unpaired) electrons. The van der Waals surface area contributed by atoms with Gasteiger partial charge in [0.05, 0.1) is 11.1 Å². The van der Waals surface area contributed by atoms with E-state index in [-0.39, 0.29) is 18.2 Å². The number of hydrogen-bond donors (Lipinski definition) is 0. The molecule has 0 unspecified atom stereocenters. The number of ether oxygens (including phenoxy) is 3. The summed E-state index contributed by atoms with van der Waals surface area (Å²) in [6.07, 6.45) is 3.77. The van der Waals surface area contributed by atoms with Crippen LogP contribution in [0.3, 0.4) is 0 Å². The van der Waals surface area contributed by atoms with Crippen molar-refractivity contribution in [3.05, 3.63) is 149 Å². The molecule has 1 fully saturated rings. The Balaban J connectivity index is 0.00000481. The Kier molecular flexibility index (Phi) is 12.0. The third kappa shape index (κ3) is 9.03. The first kappa shape index (κ1) is 37.5. The molecule has 0 N–H and O–H groups in total. The van der Waals surface area contributed by atoms with Gasteiger partial charge in [0.2, 0.25) is 0 Å². The molecule has 0 saturated carbocycles. The lowest BCUT2D eigenvalue weighted by atomic mass is 9.97. The molecule has 1 aliphatic heterocycles. The second-order valence-corrected chi connectivity index (χ2v) is 14.2. The van der Waals surface area contributed by atoms with Crippen LogP contribution in [0.1, 0.15) is 67.0 Å². The molecule has 0 aliphatic carbocycles. The normalized spacial score (nSPS) is 12.9. The predicted molar refractivity (Wildman–Crippen MR) is 212 cm³/mol. The van der Waals surface area contributed by atoms with Gasteiger partial charge in [-0.05, 0) is 136 Å². The summed E-state index contributed by atoms with van der Waals surface area (Å²) in [5.74, 6) is 0.456. The van der Waals surface area contributed by atoms with Gasteiger partial charge in [0.25, 0.3) is 0 Å². The van der Waals surface area contributed by atoms with E-state index < -0.39 is 11.9 Å². The molecule has 7 nitrogen and oxygen atoms in total. The fraction of sp³-hybridized carbons (Fsp3) is 0.205. The van der Waals surface area contributed by atoms with Crippen molar-refractivity contribution in [3.63, 3.8) is 0 Å². The number of aryl methyl sites for hydroxylation is 2. The summed E-state index contributed by atoms with van der Waals surface area (Å²) in [6, 6.07) is 34.2. The molecule has 6 aromatic rings. The highest BCUT2D eigenvalue weighted by Crippen LogP contribution is 2.42. The fourth-order valence-electron chi connectivity index (χ4n) is 6.28. The van der Waals surface area contributed by atoms with Crippen LogP contribution in [0.2, 0.25) is 0 Å². The molecule has 270 valence electrons. The maximum atomic E-state index is 14.3. The minimum absolute atomic E-state index is 0. The van der Waals surface area contributed by atoms with Gasteiger partial charge in [-0.15, -0.1) is 23.7 Å². The Morgan fingerprint density at radius 1 is 0.623 bits per heavy atom. The van der Waals surface area contributed by atoms with Crippen molar-refractivity contribution >= 4 is 51.6 Å². The van der Waals surface area contributed by atoms with Crippen LogP contribution in [0.4, 0.5) is 0 Å². The Hall–Kier alpha value is -5.28. The summed E-state index contributed by atoms with van der Waals surface area (Å²) in [7, 11) is 0. The van der Waals surface area contributed by atoms with Crippen molar-refractivity contribution in [2.24, 2.45) is 0 Å². The van der Waals surface area contributed by atoms with Crippen LogP contribution in [0, 0.1) is 13.8 Å². The van der Waals surface area contributed by atoms with E-state index in [0.29, 0.717) is 40.4 Å². The van der Waals surface area contributed by atoms with Crippen LogP contribution < -0.4 is 14.2 Å². The Morgan fingerprint density at radius 2 is 1.15 bits per heavy atom. The maximum absolute atomic E-state index is 14.3. The number of esters is 2. The molecule has 7 rings (SSSR count). The van der Waals surface area contributed by atoms with Gasteiger partial charge in [-0.25, -0.2) is 9.59 Å². The largest absolute Gasteiger partial charge is 0.492 e. The van der Waals surface area contributed by atoms with Crippen LogP contribution in [-0.4, -0.2) is 48.9 Å². The third-order valence-corrected chi connectivity index (χ3v) is 10.4. The molecule has 9 heteroatoms. The number of likely N-dealkylation sites (tertiary alicyclic amines) is 1. The van der Waals surface area contributed by atoms with E-state index >= 15 is 0 Å². The number of thiophene rings is 1. The number of fused-ring (bicyclic) bond motifs is 1. The van der Waals surface area contributed by atoms with Gasteiger partial charge in [-0.2, -0.15) is 0 Å². The van der Waals surface area contributed by atoms with E-state index in [0.717, 1.165) is 57.0 Å². The topological polar surface area (TPSA) is 82.1 Å². The van der Waals surface area contributed by atoms with Gasteiger partial charge in [0, 0.05) is 32.6 Å². The summed E-state index contributed by atoms with van der Waals surface area (Å²) >= 11 is 1.44. The van der Waals surface area contributed by atoms with Gasteiger partial charge in [-0.3, -0.25) is 9.69 Å². The minimum atomic E-state index is -0.457. The highest BCUT2D eigenvalue weighted by molar-refractivity contribution is 7.22. The smallest absolute Gasteiger partial charge is 0.343 e. The fourth-order valence-corrected chi connectivity index (χ4v) is 7.51. The van der Waals surface area contributed by atoms with Crippen LogP contribution in [0.25, 0.3) is 20.5 Å². The molecule has 0 spiro atoms. The molecule has 53 heavy (non-hydrogen) atoms. The van der Waals surface area contributed by atoms with Crippen molar-refractivity contribution in [2.75, 3.05) is 26.2 Å². The van der Waals surface area contributed by atoms with Crippen LogP contribution in [0.5, 0.6) is 17.2 Å². The lowest BCUT2D eigenvalue weighted by Gasteiger charge is -2.26. The number of nitrogens with zero attached hydrogens (tertiary/aromatic N) is 1. The van der Waals surface area contributed by atoms with Crippen molar-refractivity contribution in [3.8, 4) is 27.7 Å². The van der Waals surface area contributed by atoms with Gasteiger partial charge >= 0.3 is 11.9 Å². The van der Waals surface area contributed by atoms with Crippen molar-refractivity contribution < 1.29 is 28.6 Å². The number of benzene rings is 5. The van der Waals surface area contributed by atoms with E-state index in [9.17, 15) is 14.4 Å². The molecule has 1 saturated heterocycles. The van der Waals surface area contributed by atoms with Crippen molar-refractivity contribution in [1.82, 2.24) is 4.90 Å². The molecule has 2 heterocycles. The summed E-state index contributed by atoms with van der Waals surface area (Å²) in [5, 5.41) is 0.747. The highest BCUT2D eigenvalue weighted by Gasteiger charge is 2.23. The summed E-state index contributed by atoms with van der Waals surface area (Å²) in [6.45, 7) is 7.64. The number of halogens is 1. The van der Waals surface area contributed by atoms with Crippen molar-refractivity contribution in [2.45, 2.75) is 33.1 Å². The number of carbonyl (C=O) groups is 3. The highest BCUT2D eigenvalue weighted by atomic mass is 35.5. The van der Waals surface area contributed by atoms with E-state index in [4.69, 9.17) is 14.2 Å². The number of hydrogen-bond acceptors (Lipinski definition) is 8. The predicted octanol–water partition coefficient (Wildman–Crippen LogP) is 10.1. The number of rotatable bonds is 11. The second-order valence-electron chi connectivity index (χ2n) is 13.1. The summed E-state index contributed by atoms with van der Waals surface area (Å²) in [4.78, 5) is 43.2. The van der Waals surface area contributed by atoms with Crippen LogP contribution >= 0.6 is 23.7 Å².